The second-order valence-corrected chi connectivity index (χ2v) is 6.70. The first kappa shape index (κ1) is 24.5. The minimum atomic E-state index is -3.11. The number of aliphatic hydroxyl groups is 1. The SMILES string of the molecule is C/C=C\CCCC(=O)O.C=C1CCCC1/C=C/C(F)(F)C(O)CCCC. The molecular formula is C21H34F2O3. The molecule has 1 aliphatic carbocycles. The fourth-order valence-electron chi connectivity index (χ4n) is 2.65. The van der Waals surface area contributed by atoms with Crippen molar-refractivity contribution in [1.29, 1.82) is 0 Å². The van der Waals surface area contributed by atoms with Crippen LogP contribution in [0.1, 0.15) is 71.6 Å². The molecule has 3 nitrogen and oxygen atoms in total. The fraction of sp³-hybridized carbons (Fsp3) is 0.667. The molecule has 1 rings (SSSR count). The van der Waals surface area contributed by atoms with Crippen LogP contribution in [0.25, 0.3) is 0 Å². The molecule has 0 aromatic carbocycles. The molecule has 1 aliphatic rings. The van der Waals surface area contributed by atoms with Crippen LogP contribution in [-0.2, 0) is 4.79 Å². The Morgan fingerprint density at radius 2 is 2.12 bits per heavy atom. The number of hydrogen-bond acceptors (Lipinski definition) is 2. The molecule has 0 radical (unpaired) electrons. The molecule has 2 N–H and O–H groups in total. The van der Waals surface area contributed by atoms with Crippen molar-refractivity contribution in [2.24, 2.45) is 5.92 Å². The van der Waals surface area contributed by atoms with Crippen molar-refractivity contribution in [3.8, 4) is 0 Å². The van der Waals surface area contributed by atoms with Crippen LogP contribution in [0.3, 0.4) is 0 Å². The highest BCUT2D eigenvalue weighted by Gasteiger charge is 2.35. The van der Waals surface area contributed by atoms with Crippen LogP contribution >= 0.6 is 0 Å². The zero-order valence-corrected chi connectivity index (χ0v) is 16.1. The lowest BCUT2D eigenvalue weighted by Gasteiger charge is -2.19. The monoisotopic (exact) mass is 372 g/mol. The molecule has 0 saturated heterocycles. The minimum Gasteiger partial charge on any atom is -0.481 e. The van der Waals surface area contributed by atoms with Crippen LogP contribution < -0.4 is 0 Å². The van der Waals surface area contributed by atoms with E-state index >= 15 is 0 Å². The van der Waals surface area contributed by atoms with E-state index in [2.05, 4.69) is 6.58 Å². The molecular weight excluding hydrogens is 338 g/mol. The maximum absolute atomic E-state index is 13.6. The number of carbonyl (C=O) groups is 1. The van der Waals surface area contributed by atoms with Gasteiger partial charge in [-0.1, -0.05) is 50.1 Å². The Kier molecular flexibility index (Phi) is 12.9. The Balaban J connectivity index is 0.000000590. The van der Waals surface area contributed by atoms with E-state index in [9.17, 15) is 18.7 Å². The van der Waals surface area contributed by atoms with Crippen LogP contribution in [0.5, 0.6) is 0 Å². The highest BCUT2D eigenvalue weighted by Crippen LogP contribution is 2.32. The summed E-state index contributed by atoms with van der Waals surface area (Å²) in [6.45, 7) is 7.72. The van der Waals surface area contributed by atoms with E-state index in [0.29, 0.717) is 6.42 Å². The summed E-state index contributed by atoms with van der Waals surface area (Å²) in [5.74, 6) is -3.75. The molecule has 0 heterocycles. The van der Waals surface area contributed by atoms with E-state index in [1.165, 1.54) is 6.08 Å². The maximum Gasteiger partial charge on any atom is 0.303 e. The van der Waals surface area contributed by atoms with E-state index in [1.807, 2.05) is 26.0 Å². The minimum absolute atomic E-state index is 0.0688. The molecule has 0 spiro atoms. The van der Waals surface area contributed by atoms with Crippen molar-refractivity contribution in [2.45, 2.75) is 83.7 Å². The fourth-order valence-corrected chi connectivity index (χ4v) is 2.65. The van der Waals surface area contributed by atoms with Gasteiger partial charge in [0.15, 0.2) is 0 Å². The average molecular weight is 372 g/mol. The summed E-state index contributed by atoms with van der Waals surface area (Å²) in [5.41, 5.74) is 1.03. The topological polar surface area (TPSA) is 57.5 Å². The van der Waals surface area contributed by atoms with Gasteiger partial charge in [-0.3, -0.25) is 4.79 Å². The van der Waals surface area contributed by atoms with Crippen LogP contribution in [0.15, 0.2) is 36.5 Å². The molecule has 1 saturated carbocycles. The summed E-state index contributed by atoms with van der Waals surface area (Å²) in [7, 11) is 0. The number of aliphatic carboxylic acids is 1. The Morgan fingerprint density at radius 1 is 1.42 bits per heavy atom. The van der Waals surface area contributed by atoms with E-state index in [1.54, 1.807) is 0 Å². The molecule has 5 heteroatoms. The van der Waals surface area contributed by atoms with Crippen LogP contribution in [0.4, 0.5) is 8.78 Å². The molecule has 0 aliphatic heterocycles. The molecule has 0 bridgehead atoms. The van der Waals surface area contributed by atoms with Gasteiger partial charge in [-0.25, -0.2) is 0 Å². The molecule has 26 heavy (non-hydrogen) atoms. The van der Waals surface area contributed by atoms with Gasteiger partial charge in [0, 0.05) is 6.42 Å². The van der Waals surface area contributed by atoms with Gasteiger partial charge in [0.25, 0.3) is 5.92 Å². The number of carboxylic acid groups (broad SMARTS) is 1. The summed E-state index contributed by atoms with van der Waals surface area (Å²) < 4.78 is 27.1. The Morgan fingerprint density at radius 3 is 2.62 bits per heavy atom. The maximum atomic E-state index is 13.6. The molecule has 2 unspecified atom stereocenters. The number of rotatable bonds is 10. The van der Waals surface area contributed by atoms with Crippen LogP contribution in [0.2, 0.25) is 0 Å². The molecule has 0 aromatic rings. The zero-order chi connectivity index (χ0) is 20.0. The van der Waals surface area contributed by atoms with E-state index in [0.717, 1.165) is 50.2 Å². The number of unbranched alkanes of at least 4 members (excludes halogenated alkanes) is 2. The van der Waals surface area contributed by atoms with Gasteiger partial charge in [0.2, 0.25) is 0 Å². The Bertz CT molecular complexity index is 470. The number of hydrogen-bond donors (Lipinski definition) is 2. The second-order valence-electron chi connectivity index (χ2n) is 6.70. The summed E-state index contributed by atoms with van der Waals surface area (Å²) >= 11 is 0. The third kappa shape index (κ3) is 11.2. The van der Waals surface area contributed by atoms with E-state index in [-0.39, 0.29) is 18.8 Å². The third-order valence-electron chi connectivity index (χ3n) is 4.36. The van der Waals surface area contributed by atoms with Gasteiger partial charge < -0.3 is 10.2 Å². The Hall–Kier alpha value is -1.49. The summed E-state index contributed by atoms with van der Waals surface area (Å²) in [6, 6.07) is 0. The zero-order valence-electron chi connectivity index (χ0n) is 16.1. The largest absolute Gasteiger partial charge is 0.481 e. The second kappa shape index (κ2) is 13.7. The smallest absolute Gasteiger partial charge is 0.303 e. The van der Waals surface area contributed by atoms with Crippen molar-refractivity contribution >= 4 is 5.97 Å². The summed E-state index contributed by atoms with van der Waals surface area (Å²) in [6.07, 6.45) is 11.1. The van der Waals surface area contributed by atoms with E-state index < -0.39 is 18.0 Å². The lowest BCUT2D eigenvalue weighted by molar-refractivity contribution is -0.137. The predicted octanol–water partition coefficient (Wildman–Crippen LogP) is 5.90. The highest BCUT2D eigenvalue weighted by atomic mass is 19.3. The van der Waals surface area contributed by atoms with Crippen molar-refractivity contribution < 1.29 is 23.8 Å². The van der Waals surface area contributed by atoms with Gasteiger partial charge in [-0.15, -0.1) is 0 Å². The van der Waals surface area contributed by atoms with Gasteiger partial charge in [0.1, 0.15) is 6.10 Å². The molecule has 0 amide bonds. The first-order chi connectivity index (χ1) is 12.2. The number of aliphatic hydroxyl groups excluding tert-OH is 1. The van der Waals surface area contributed by atoms with Gasteiger partial charge >= 0.3 is 5.97 Å². The standard InChI is InChI=1S/C14H22F2O.C7H12O2/c1-3-4-8-13(17)14(15,16)10-9-12-7-5-6-11(12)2;1-2-3-4-5-6-7(8)9/h9-10,12-13,17H,2-8H2,1H3;2-3H,4-6H2,1H3,(H,8,9)/b10-9+;3-2-. The number of carboxylic acids is 1. The van der Waals surface area contributed by atoms with Crippen molar-refractivity contribution in [3.05, 3.63) is 36.5 Å². The quantitative estimate of drug-likeness (QED) is 0.371. The molecule has 2 atom stereocenters. The lowest BCUT2D eigenvalue weighted by Crippen LogP contribution is -2.31. The van der Waals surface area contributed by atoms with Gasteiger partial charge in [-0.2, -0.15) is 8.78 Å². The Labute approximate surface area is 156 Å². The summed E-state index contributed by atoms with van der Waals surface area (Å²) in [4.78, 5) is 9.94. The van der Waals surface area contributed by atoms with Gasteiger partial charge in [0.05, 0.1) is 0 Å². The van der Waals surface area contributed by atoms with Crippen LogP contribution in [-0.4, -0.2) is 28.2 Å². The molecule has 150 valence electrons. The number of allylic oxidation sites excluding steroid dienone is 4. The van der Waals surface area contributed by atoms with Gasteiger partial charge in [-0.05, 0) is 57.4 Å². The number of halogens is 2. The lowest BCUT2D eigenvalue weighted by atomic mass is 10.0. The first-order valence-electron chi connectivity index (χ1n) is 9.50. The van der Waals surface area contributed by atoms with Crippen molar-refractivity contribution in [3.63, 3.8) is 0 Å². The van der Waals surface area contributed by atoms with E-state index in [4.69, 9.17) is 5.11 Å². The summed E-state index contributed by atoms with van der Waals surface area (Å²) in [5, 5.41) is 17.6. The normalized spacial score (nSPS) is 19.0. The average Bonchev–Trinajstić information content (AvgIpc) is 3.00. The molecule has 1 fully saturated rings. The predicted molar refractivity (Wildman–Crippen MR) is 102 cm³/mol. The third-order valence-corrected chi connectivity index (χ3v) is 4.36. The number of alkyl halides is 2. The first-order valence-corrected chi connectivity index (χ1v) is 9.50. The van der Waals surface area contributed by atoms with Crippen molar-refractivity contribution in [1.82, 2.24) is 0 Å². The van der Waals surface area contributed by atoms with Crippen LogP contribution in [0, 0.1) is 5.92 Å². The highest BCUT2D eigenvalue weighted by molar-refractivity contribution is 5.66. The molecule has 0 aromatic heterocycles. The van der Waals surface area contributed by atoms with Crippen molar-refractivity contribution in [2.75, 3.05) is 0 Å².